The van der Waals surface area contributed by atoms with E-state index in [9.17, 15) is 26.4 Å². The average molecular weight is 545 g/mol. The van der Waals surface area contributed by atoms with E-state index in [0.717, 1.165) is 17.1 Å². The molecule has 3 heterocycles. The number of piperidine rings is 1. The lowest BCUT2D eigenvalue weighted by molar-refractivity contribution is -0.192. The Bertz CT molecular complexity index is 1220. The van der Waals surface area contributed by atoms with E-state index in [2.05, 4.69) is 4.57 Å². The zero-order valence-corrected chi connectivity index (χ0v) is 21.7. The molecule has 1 saturated heterocycles. The number of benzene rings is 1. The first-order valence-electron chi connectivity index (χ1n) is 11.8. The van der Waals surface area contributed by atoms with Crippen molar-refractivity contribution in [1.82, 2.24) is 18.8 Å². The van der Waals surface area contributed by atoms with Crippen molar-refractivity contribution in [2.45, 2.75) is 51.4 Å². The summed E-state index contributed by atoms with van der Waals surface area (Å²) in [5.74, 6) is -1.50. The van der Waals surface area contributed by atoms with Crippen molar-refractivity contribution >= 4 is 21.9 Å². The molecular formula is C24H31F3N4O5S. The second-order valence-corrected chi connectivity index (χ2v) is 11.5. The third kappa shape index (κ3) is 6.32. The number of carboxylic acid groups (broad SMARTS) is 1. The van der Waals surface area contributed by atoms with Gasteiger partial charge in [0.15, 0.2) is 0 Å². The molecule has 1 N–H and O–H groups in total. The number of amides is 1. The summed E-state index contributed by atoms with van der Waals surface area (Å²) in [4.78, 5) is 28.1. The quantitative estimate of drug-likeness (QED) is 0.632. The molecule has 0 saturated carbocycles. The van der Waals surface area contributed by atoms with E-state index in [0.29, 0.717) is 51.4 Å². The van der Waals surface area contributed by atoms with Gasteiger partial charge in [-0.1, -0.05) is 44.2 Å². The van der Waals surface area contributed by atoms with E-state index in [4.69, 9.17) is 14.9 Å². The van der Waals surface area contributed by atoms with Crippen LogP contribution in [0.3, 0.4) is 0 Å². The second kappa shape index (κ2) is 10.8. The first-order chi connectivity index (χ1) is 17.2. The lowest BCUT2D eigenvalue weighted by Crippen LogP contribution is -2.59. The fraction of sp³-hybridized carbons (Fsp3) is 0.542. The lowest BCUT2D eigenvalue weighted by Gasteiger charge is -2.49. The Hall–Kier alpha value is -2.93. The van der Waals surface area contributed by atoms with E-state index in [-0.39, 0.29) is 5.91 Å². The van der Waals surface area contributed by atoms with Crippen LogP contribution in [0.2, 0.25) is 0 Å². The summed E-state index contributed by atoms with van der Waals surface area (Å²) in [6, 6.07) is 10.1. The zero-order valence-electron chi connectivity index (χ0n) is 20.9. The van der Waals surface area contributed by atoms with Crippen molar-refractivity contribution in [2.24, 2.45) is 5.92 Å². The number of hydrogen-bond donors (Lipinski definition) is 1. The van der Waals surface area contributed by atoms with Crippen LogP contribution in [0.5, 0.6) is 0 Å². The van der Waals surface area contributed by atoms with Crippen LogP contribution in [0.25, 0.3) is 11.3 Å². The maximum Gasteiger partial charge on any atom is 0.490 e. The van der Waals surface area contributed by atoms with Crippen molar-refractivity contribution < 1.29 is 36.3 Å². The summed E-state index contributed by atoms with van der Waals surface area (Å²) in [5.41, 5.74) is 1.38. The molecule has 9 nitrogen and oxygen atoms in total. The number of nitrogens with zero attached hydrogens (tertiary/aromatic N) is 4. The third-order valence-corrected chi connectivity index (χ3v) is 7.85. The van der Waals surface area contributed by atoms with Crippen LogP contribution >= 0.6 is 0 Å². The van der Waals surface area contributed by atoms with Gasteiger partial charge in [0.25, 0.3) is 0 Å². The van der Waals surface area contributed by atoms with Crippen molar-refractivity contribution in [3.05, 3.63) is 42.4 Å². The Balaban J connectivity index is 0.000000479. The van der Waals surface area contributed by atoms with Gasteiger partial charge in [-0.3, -0.25) is 4.79 Å². The van der Waals surface area contributed by atoms with E-state index in [1.54, 1.807) is 4.31 Å². The van der Waals surface area contributed by atoms with Crippen LogP contribution < -0.4 is 0 Å². The number of carbonyl (C=O) groups excluding carboxylic acids is 1. The molecule has 1 spiro atoms. The highest BCUT2D eigenvalue weighted by Gasteiger charge is 2.51. The Morgan fingerprint density at radius 2 is 1.65 bits per heavy atom. The molecule has 0 radical (unpaired) electrons. The number of halogens is 3. The Kier molecular flexibility index (Phi) is 8.37. The van der Waals surface area contributed by atoms with Gasteiger partial charge in [-0.15, -0.1) is 0 Å². The number of aromatic nitrogens is 2. The third-order valence-electron chi connectivity index (χ3n) is 6.51. The molecule has 4 rings (SSSR count). The van der Waals surface area contributed by atoms with Gasteiger partial charge in [0.1, 0.15) is 5.82 Å². The summed E-state index contributed by atoms with van der Waals surface area (Å²) in [6.07, 6.45) is -0.296. The summed E-state index contributed by atoms with van der Waals surface area (Å²) in [7, 11) is -3.41. The Labute approximate surface area is 213 Å². The lowest BCUT2D eigenvalue weighted by atomic mass is 9.84. The molecule has 37 heavy (non-hydrogen) atoms. The number of likely N-dealkylation sites (tertiary alicyclic amines) is 1. The van der Waals surface area contributed by atoms with Gasteiger partial charge >= 0.3 is 12.1 Å². The molecule has 2 aromatic rings. The maximum absolute atomic E-state index is 12.7. The van der Waals surface area contributed by atoms with Crippen LogP contribution in [-0.2, 0) is 31.7 Å². The monoisotopic (exact) mass is 544 g/mol. The molecule has 0 aliphatic carbocycles. The van der Waals surface area contributed by atoms with Gasteiger partial charge in [-0.2, -0.15) is 17.5 Å². The fourth-order valence-electron chi connectivity index (χ4n) is 4.89. The first kappa shape index (κ1) is 28.6. The van der Waals surface area contributed by atoms with Gasteiger partial charge in [0.2, 0.25) is 15.9 Å². The number of fused-ring (bicyclic) bond motifs is 2. The zero-order chi connectivity index (χ0) is 27.6. The highest BCUT2D eigenvalue weighted by atomic mass is 32.2. The van der Waals surface area contributed by atoms with Crippen LogP contribution in [0.15, 0.2) is 36.5 Å². The van der Waals surface area contributed by atoms with Gasteiger partial charge in [-0.05, 0) is 24.3 Å². The highest BCUT2D eigenvalue weighted by molar-refractivity contribution is 7.88. The minimum absolute atomic E-state index is 0.148. The summed E-state index contributed by atoms with van der Waals surface area (Å²) in [5, 5.41) is 7.12. The summed E-state index contributed by atoms with van der Waals surface area (Å²) < 4.78 is 61.0. The summed E-state index contributed by atoms with van der Waals surface area (Å²) in [6.45, 7) is 6.16. The average Bonchev–Trinajstić information content (AvgIpc) is 3.24. The van der Waals surface area contributed by atoms with Crippen molar-refractivity contribution in [3.63, 3.8) is 0 Å². The fourth-order valence-corrected chi connectivity index (χ4v) is 6.20. The van der Waals surface area contributed by atoms with E-state index < -0.39 is 27.7 Å². The van der Waals surface area contributed by atoms with Gasteiger partial charge in [-0.25, -0.2) is 18.2 Å². The number of aliphatic carboxylic acids is 1. The molecule has 1 amide bonds. The number of rotatable bonds is 4. The molecular weight excluding hydrogens is 513 g/mol. The topological polar surface area (TPSA) is 113 Å². The molecule has 1 fully saturated rings. The number of alkyl halides is 3. The normalized spacial score (nSPS) is 17.8. The summed E-state index contributed by atoms with van der Waals surface area (Å²) >= 11 is 0. The largest absolute Gasteiger partial charge is 0.490 e. The van der Waals surface area contributed by atoms with Crippen LogP contribution in [0.1, 0.15) is 38.9 Å². The van der Waals surface area contributed by atoms with Crippen LogP contribution in [0.4, 0.5) is 13.2 Å². The molecule has 0 bridgehead atoms. The maximum atomic E-state index is 12.7. The number of imidazole rings is 1. The molecule has 13 heteroatoms. The van der Waals surface area contributed by atoms with Crippen molar-refractivity contribution in [1.29, 1.82) is 0 Å². The first-order valence-corrected chi connectivity index (χ1v) is 13.7. The standard InChI is InChI=1S/C22H30N4O3S.C2HF3O2/c1-17(2)15-20(27)24-11-9-22(10-12-24)21-23-16-19(18-7-5-4-6-8-18)25(21)13-14-26(22)30(3,28)29;3-2(4,5)1(6)7/h4-8,16-17H,9-15H2,1-3H3;(H,6,7). The SMILES string of the molecule is CC(C)CC(=O)N1CCC2(CC1)c1ncc(-c3ccccc3)n1CCN2S(C)(=O)=O.O=C(O)C(F)(F)F. The number of hydrogen-bond acceptors (Lipinski definition) is 5. The smallest absolute Gasteiger partial charge is 0.475 e. The van der Waals surface area contributed by atoms with Gasteiger partial charge in [0.05, 0.1) is 23.7 Å². The molecule has 2 aliphatic heterocycles. The Morgan fingerprint density at radius 3 is 2.14 bits per heavy atom. The van der Waals surface area contributed by atoms with E-state index in [1.165, 1.54) is 6.26 Å². The van der Waals surface area contributed by atoms with Crippen LogP contribution in [0, 0.1) is 5.92 Å². The minimum Gasteiger partial charge on any atom is -0.475 e. The number of carbonyl (C=O) groups is 2. The molecule has 1 aromatic heterocycles. The molecule has 204 valence electrons. The minimum atomic E-state index is -5.08. The van der Waals surface area contributed by atoms with Gasteiger partial charge in [0, 0.05) is 32.6 Å². The number of sulfonamides is 1. The van der Waals surface area contributed by atoms with Gasteiger partial charge < -0.3 is 14.6 Å². The molecule has 0 unspecified atom stereocenters. The highest BCUT2D eigenvalue weighted by Crippen LogP contribution is 2.43. The van der Waals surface area contributed by atoms with Crippen molar-refractivity contribution in [2.75, 3.05) is 25.9 Å². The van der Waals surface area contributed by atoms with E-state index >= 15 is 0 Å². The molecule has 0 atom stereocenters. The Morgan fingerprint density at radius 1 is 1.08 bits per heavy atom. The predicted octanol–water partition coefficient (Wildman–Crippen LogP) is 3.32. The van der Waals surface area contributed by atoms with E-state index in [1.807, 2.05) is 55.3 Å². The number of carboxylic acids is 1. The molecule has 1 aromatic carbocycles. The molecule has 2 aliphatic rings. The second-order valence-electron chi connectivity index (χ2n) is 9.63. The predicted molar refractivity (Wildman–Crippen MR) is 130 cm³/mol. The van der Waals surface area contributed by atoms with Crippen molar-refractivity contribution in [3.8, 4) is 11.3 Å². The van der Waals surface area contributed by atoms with Crippen LogP contribution in [-0.4, -0.2) is 76.2 Å².